The molecule has 0 spiro atoms. The fourth-order valence-electron chi connectivity index (χ4n) is 3.41. The van der Waals surface area contributed by atoms with Gasteiger partial charge in [-0.3, -0.25) is 18.9 Å². The lowest BCUT2D eigenvalue weighted by Crippen LogP contribution is -2.52. The van der Waals surface area contributed by atoms with Crippen molar-refractivity contribution in [3.63, 3.8) is 0 Å². The molecule has 3 heterocycles. The number of ether oxygens (including phenoxy) is 1. The van der Waals surface area contributed by atoms with Gasteiger partial charge >= 0.3 is 14.3 Å². The second-order valence-corrected chi connectivity index (χ2v) is 11.2. The van der Waals surface area contributed by atoms with Crippen LogP contribution in [-0.4, -0.2) is 48.1 Å². The first-order valence-electron chi connectivity index (χ1n) is 8.39. The van der Waals surface area contributed by atoms with E-state index in [4.69, 9.17) is 18.6 Å². The van der Waals surface area contributed by atoms with Gasteiger partial charge in [-0.2, -0.15) is 0 Å². The molecule has 2 N–H and O–H groups in total. The number of H-pyrrole nitrogens is 1. The van der Waals surface area contributed by atoms with E-state index in [0.717, 1.165) is 4.57 Å². The second kappa shape index (κ2) is 6.78. The highest BCUT2D eigenvalue weighted by Crippen LogP contribution is 2.42. The number of aromatic amines is 1. The third-order valence-corrected chi connectivity index (χ3v) is 9.02. The number of fused-ring (bicyclic) bond motifs is 1. The van der Waals surface area contributed by atoms with E-state index >= 15 is 0 Å². The molecule has 0 aliphatic carbocycles. The summed E-state index contributed by atoms with van der Waals surface area (Å²) in [6.07, 6.45) is -2.02. The Hall–Kier alpha value is -1.30. The molecule has 2 fully saturated rings. The summed E-state index contributed by atoms with van der Waals surface area (Å²) in [4.78, 5) is 30.8. The minimum absolute atomic E-state index is 0.0878. The molecule has 0 saturated carbocycles. The van der Waals surface area contributed by atoms with Crippen molar-refractivity contribution >= 4 is 8.56 Å². The molecule has 1 aromatic rings. The molecule has 2 saturated heterocycles. The summed E-state index contributed by atoms with van der Waals surface area (Å²) in [5.74, 6) is 0. The number of rotatable bonds is 3. The molecule has 0 amide bonds. The molecule has 2 aliphatic rings. The van der Waals surface area contributed by atoms with Crippen LogP contribution >= 0.6 is 0 Å². The van der Waals surface area contributed by atoms with Gasteiger partial charge in [0.1, 0.15) is 24.9 Å². The molecule has 4 unspecified atom stereocenters. The zero-order chi connectivity index (χ0) is 18.4. The molecule has 0 radical (unpaired) electrons. The smallest absolute Gasteiger partial charge is 0.380 e. The number of aliphatic hydroxyl groups is 1. The van der Waals surface area contributed by atoms with Crippen molar-refractivity contribution in [2.45, 2.75) is 63.3 Å². The highest BCUT2D eigenvalue weighted by molar-refractivity contribution is 6.70. The van der Waals surface area contributed by atoms with Crippen molar-refractivity contribution in [1.29, 1.82) is 0 Å². The summed E-state index contributed by atoms with van der Waals surface area (Å²) in [7, 11) is -2.78. The molecule has 140 valence electrons. The van der Waals surface area contributed by atoms with Gasteiger partial charge in [0.05, 0.1) is 0 Å². The molecule has 9 nitrogen and oxygen atoms in total. The van der Waals surface area contributed by atoms with E-state index in [9.17, 15) is 14.7 Å². The summed E-state index contributed by atoms with van der Waals surface area (Å²) < 4.78 is 18.9. The molecule has 0 bridgehead atoms. The van der Waals surface area contributed by atoms with Crippen LogP contribution in [0.15, 0.2) is 21.9 Å². The van der Waals surface area contributed by atoms with Gasteiger partial charge in [0.2, 0.25) is 0 Å². The lowest BCUT2D eigenvalue weighted by Gasteiger charge is -2.36. The topological polar surface area (TPSA) is 112 Å². The molecule has 0 aromatic carbocycles. The number of nitrogens with zero attached hydrogens (tertiary/aromatic N) is 1. The lowest BCUT2D eigenvalue weighted by molar-refractivity contribution is -0.242. The van der Waals surface area contributed by atoms with Crippen LogP contribution in [0.1, 0.15) is 33.9 Å². The fourth-order valence-corrected chi connectivity index (χ4v) is 6.68. The van der Waals surface area contributed by atoms with Gasteiger partial charge in [-0.15, -0.1) is 0 Å². The van der Waals surface area contributed by atoms with E-state index in [-0.39, 0.29) is 17.7 Å². The Morgan fingerprint density at radius 2 is 1.96 bits per heavy atom. The van der Waals surface area contributed by atoms with E-state index in [0.29, 0.717) is 0 Å². The predicted molar refractivity (Wildman–Crippen MR) is 89.1 cm³/mol. The molecule has 2 aliphatic heterocycles. The summed E-state index contributed by atoms with van der Waals surface area (Å²) in [6.45, 7) is 8.10. The maximum absolute atomic E-state index is 12.0. The largest absolute Gasteiger partial charge is 0.386 e. The van der Waals surface area contributed by atoms with Crippen molar-refractivity contribution in [2.75, 3.05) is 6.61 Å². The summed E-state index contributed by atoms with van der Waals surface area (Å²) in [5.41, 5.74) is -0.981. The Bertz CT molecular complexity index is 723. The summed E-state index contributed by atoms with van der Waals surface area (Å²) in [5, 5.41) is 10.8. The zero-order valence-corrected chi connectivity index (χ0v) is 15.7. The highest BCUT2D eigenvalue weighted by Gasteiger charge is 2.57. The minimum atomic E-state index is -2.78. The maximum atomic E-state index is 12.0. The predicted octanol–water partition coefficient (Wildman–Crippen LogP) is 0.404. The van der Waals surface area contributed by atoms with Crippen LogP contribution in [0.4, 0.5) is 0 Å². The Morgan fingerprint density at radius 1 is 1.28 bits per heavy atom. The SMILES string of the molecule is CC(C)[Si]1(C(C)C)OOCC2OC(n3ccc(=O)[nH]c3=O)C(O)C2O1. The number of aliphatic hydroxyl groups excluding tert-OH is 1. The van der Waals surface area contributed by atoms with Gasteiger partial charge < -0.3 is 14.3 Å². The Kier molecular flexibility index (Phi) is 5.01. The zero-order valence-electron chi connectivity index (χ0n) is 14.7. The molecule has 4 atom stereocenters. The third-order valence-electron chi connectivity index (χ3n) is 4.79. The monoisotopic (exact) mass is 372 g/mol. The van der Waals surface area contributed by atoms with Crippen LogP contribution in [0, 0.1) is 0 Å². The standard InChI is InChI=1S/C15H24N2O7Si/c1-8(2)25(9(3)4)23-13-10(7-21-24-25)22-14(12(13)19)17-6-5-11(18)16-15(17)20/h5-6,8-10,12-14,19H,7H2,1-4H3,(H,16,18,20). The Labute approximate surface area is 145 Å². The number of nitrogens with one attached hydrogen (secondary N) is 1. The normalized spacial score (nSPS) is 32.0. The van der Waals surface area contributed by atoms with Crippen LogP contribution in [0.25, 0.3) is 0 Å². The summed E-state index contributed by atoms with van der Waals surface area (Å²) in [6, 6.07) is 1.20. The van der Waals surface area contributed by atoms with E-state index in [1.807, 2.05) is 27.7 Å². The van der Waals surface area contributed by atoms with Gasteiger partial charge in [-0.1, -0.05) is 27.7 Å². The van der Waals surface area contributed by atoms with Gasteiger partial charge in [0.25, 0.3) is 5.56 Å². The van der Waals surface area contributed by atoms with Crippen molar-refractivity contribution in [3.05, 3.63) is 33.1 Å². The minimum Gasteiger partial charge on any atom is -0.386 e. The number of hydrogen-bond donors (Lipinski definition) is 2. The van der Waals surface area contributed by atoms with Crippen LogP contribution in [0.2, 0.25) is 11.1 Å². The molecule has 10 heteroatoms. The highest BCUT2D eigenvalue weighted by atomic mass is 28.4. The first-order chi connectivity index (χ1) is 11.8. The van der Waals surface area contributed by atoms with Crippen molar-refractivity contribution in [3.8, 4) is 0 Å². The van der Waals surface area contributed by atoms with Gasteiger partial charge in [0.15, 0.2) is 6.23 Å². The van der Waals surface area contributed by atoms with Crippen LogP contribution in [0.5, 0.6) is 0 Å². The fraction of sp³-hybridized carbons (Fsp3) is 0.733. The quantitative estimate of drug-likeness (QED) is 0.583. The average molecular weight is 372 g/mol. The molecular formula is C15H24N2O7Si. The summed E-state index contributed by atoms with van der Waals surface area (Å²) >= 11 is 0. The number of aromatic nitrogens is 2. The van der Waals surface area contributed by atoms with Crippen LogP contribution < -0.4 is 11.2 Å². The van der Waals surface area contributed by atoms with Crippen LogP contribution in [0.3, 0.4) is 0 Å². The van der Waals surface area contributed by atoms with E-state index < -0.39 is 44.3 Å². The van der Waals surface area contributed by atoms with Gasteiger partial charge in [-0.25, -0.2) is 9.68 Å². The average Bonchev–Trinajstić information content (AvgIpc) is 2.71. The Morgan fingerprint density at radius 3 is 2.56 bits per heavy atom. The van der Waals surface area contributed by atoms with E-state index in [1.165, 1.54) is 12.3 Å². The van der Waals surface area contributed by atoms with Crippen molar-refractivity contribution in [1.82, 2.24) is 9.55 Å². The van der Waals surface area contributed by atoms with Crippen molar-refractivity contribution < 1.29 is 23.7 Å². The first kappa shape index (κ1) is 18.5. The van der Waals surface area contributed by atoms with Gasteiger partial charge in [-0.05, 0) is 11.1 Å². The second-order valence-electron chi connectivity index (χ2n) is 7.05. The lowest BCUT2D eigenvalue weighted by atomic mass is 10.1. The molecule has 1 aromatic heterocycles. The van der Waals surface area contributed by atoms with Crippen molar-refractivity contribution in [2.24, 2.45) is 0 Å². The number of hydrogen-bond acceptors (Lipinski definition) is 7. The third kappa shape index (κ3) is 3.13. The van der Waals surface area contributed by atoms with E-state index in [1.54, 1.807) is 0 Å². The van der Waals surface area contributed by atoms with Gasteiger partial charge in [0, 0.05) is 12.3 Å². The molecule has 3 rings (SSSR count). The first-order valence-corrected chi connectivity index (χ1v) is 10.4. The van der Waals surface area contributed by atoms with E-state index in [2.05, 4.69) is 4.98 Å². The molecule has 25 heavy (non-hydrogen) atoms. The molecular weight excluding hydrogens is 348 g/mol. The maximum Gasteiger partial charge on any atom is 0.380 e. The Balaban J connectivity index is 1.92. The van der Waals surface area contributed by atoms with Crippen LogP contribution in [-0.2, 0) is 18.6 Å².